The molecule has 0 saturated heterocycles. The van der Waals surface area contributed by atoms with Gasteiger partial charge in [0.25, 0.3) is 0 Å². The third-order valence-corrected chi connectivity index (χ3v) is 5.16. The number of carbonyl (C=O) groups excluding carboxylic acids is 1. The summed E-state index contributed by atoms with van der Waals surface area (Å²) < 4.78 is 2.00. The highest BCUT2D eigenvalue weighted by Crippen LogP contribution is 2.28. The number of rotatable bonds is 6. The molecule has 3 aromatic rings. The average molecular weight is 387 g/mol. The Hall–Kier alpha value is -2.31. The van der Waals surface area contributed by atoms with Gasteiger partial charge in [-0.25, -0.2) is 0 Å². The molecule has 1 aromatic heterocycles. The molecular weight excluding hydrogens is 368 g/mol. The van der Waals surface area contributed by atoms with E-state index in [2.05, 4.69) is 15.5 Å². The predicted octanol–water partition coefficient (Wildman–Crippen LogP) is 4.74. The van der Waals surface area contributed by atoms with Crippen molar-refractivity contribution in [1.82, 2.24) is 14.8 Å². The molecule has 2 aromatic carbocycles. The quantitative estimate of drug-likeness (QED) is 0.622. The van der Waals surface area contributed by atoms with Crippen LogP contribution < -0.4 is 5.32 Å². The number of anilines is 1. The van der Waals surface area contributed by atoms with E-state index in [-0.39, 0.29) is 11.2 Å². The van der Waals surface area contributed by atoms with Gasteiger partial charge < -0.3 is 9.88 Å². The van der Waals surface area contributed by atoms with Gasteiger partial charge in [0, 0.05) is 22.8 Å². The Kier molecular flexibility index (Phi) is 5.96. The molecule has 134 valence electrons. The molecule has 1 amide bonds. The van der Waals surface area contributed by atoms with Gasteiger partial charge in [0.15, 0.2) is 11.0 Å². The SMILES string of the molecule is CCn1c(SC(C)C(=O)Nc2ccccc2)nnc1-c1ccc(Cl)cc1. The molecule has 1 N–H and O–H groups in total. The molecule has 1 unspecified atom stereocenters. The lowest BCUT2D eigenvalue weighted by Crippen LogP contribution is -2.22. The highest BCUT2D eigenvalue weighted by Gasteiger charge is 2.20. The van der Waals surface area contributed by atoms with E-state index in [4.69, 9.17) is 11.6 Å². The first-order valence-corrected chi connectivity index (χ1v) is 9.56. The normalized spacial score (nSPS) is 12.0. The molecule has 0 fully saturated rings. The highest BCUT2D eigenvalue weighted by atomic mass is 35.5. The molecule has 0 bridgehead atoms. The van der Waals surface area contributed by atoms with E-state index in [1.807, 2.05) is 73.0 Å². The third kappa shape index (κ3) is 4.26. The number of amides is 1. The summed E-state index contributed by atoms with van der Waals surface area (Å²) >= 11 is 7.35. The van der Waals surface area contributed by atoms with Gasteiger partial charge in [0.05, 0.1) is 5.25 Å². The summed E-state index contributed by atoms with van der Waals surface area (Å²) in [4.78, 5) is 12.4. The molecule has 0 saturated carbocycles. The van der Waals surface area contributed by atoms with Gasteiger partial charge in [-0.1, -0.05) is 41.6 Å². The number of nitrogens with zero attached hydrogens (tertiary/aromatic N) is 3. The Morgan fingerprint density at radius 2 is 1.85 bits per heavy atom. The number of carbonyl (C=O) groups is 1. The van der Waals surface area contributed by atoms with Crippen LogP contribution in [0.1, 0.15) is 13.8 Å². The van der Waals surface area contributed by atoms with Crippen LogP contribution in [-0.4, -0.2) is 25.9 Å². The zero-order valence-corrected chi connectivity index (χ0v) is 16.1. The number of aromatic nitrogens is 3. The Bertz CT molecular complexity index is 880. The van der Waals surface area contributed by atoms with Gasteiger partial charge >= 0.3 is 0 Å². The van der Waals surface area contributed by atoms with Crippen LogP contribution in [0.25, 0.3) is 11.4 Å². The molecule has 3 rings (SSSR count). The Morgan fingerprint density at radius 3 is 2.50 bits per heavy atom. The molecule has 0 aliphatic rings. The second kappa shape index (κ2) is 8.38. The Balaban J connectivity index is 1.75. The minimum Gasteiger partial charge on any atom is -0.325 e. The molecular formula is C19H19ClN4OS. The number of benzene rings is 2. The lowest BCUT2D eigenvalue weighted by Gasteiger charge is -2.12. The summed E-state index contributed by atoms with van der Waals surface area (Å²) in [6, 6.07) is 16.9. The molecule has 0 aliphatic heterocycles. The predicted molar refractivity (Wildman–Crippen MR) is 107 cm³/mol. The lowest BCUT2D eigenvalue weighted by molar-refractivity contribution is -0.115. The van der Waals surface area contributed by atoms with Crippen LogP contribution in [0.5, 0.6) is 0 Å². The van der Waals surface area contributed by atoms with Crippen LogP contribution in [0.15, 0.2) is 59.8 Å². The van der Waals surface area contributed by atoms with Gasteiger partial charge in [-0.15, -0.1) is 10.2 Å². The Morgan fingerprint density at radius 1 is 1.15 bits per heavy atom. The van der Waals surface area contributed by atoms with E-state index in [9.17, 15) is 4.79 Å². The summed E-state index contributed by atoms with van der Waals surface area (Å²) in [5.74, 6) is 0.697. The van der Waals surface area contributed by atoms with Gasteiger partial charge in [-0.05, 0) is 50.2 Å². The zero-order chi connectivity index (χ0) is 18.5. The monoisotopic (exact) mass is 386 g/mol. The summed E-state index contributed by atoms with van der Waals surface area (Å²) in [6.07, 6.45) is 0. The molecule has 5 nitrogen and oxygen atoms in total. The molecule has 0 radical (unpaired) electrons. The highest BCUT2D eigenvalue weighted by molar-refractivity contribution is 8.00. The van der Waals surface area contributed by atoms with Gasteiger partial charge in [-0.3, -0.25) is 4.79 Å². The number of thioether (sulfide) groups is 1. The minimum atomic E-state index is -0.303. The zero-order valence-electron chi connectivity index (χ0n) is 14.5. The number of hydrogen-bond donors (Lipinski definition) is 1. The number of hydrogen-bond acceptors (Lipinski definition) is 4. The van der Waals surface area contributed by atoms with Crippen molar-refractivity contribution in [2.75, 3.05) is 5.32 Å². The maximum Gasteiger partial charge on any atom is 0.237 e. The van der Waals surface area contributed by atoms with Gasteiger partial charge in [-0.2, -0.15) is 0 Å². The van der Waals surface area contributed by atoms with E-state index in [0.29, 0.717) is 16.7 Å². The smallest absolute Gasteiger partial charge is 0.237 e. The van der Waals surface area contributed by atoms with Crippen molar-refractivity contribution in [3.63, 3.8) is 0 Å². The second-order valence-corrected chi connectivity index (χ2v) is 7.42. The average Bonchev–Trinajstić information content (AvgIpc) is 3.05. The van der Waals surface area contributed by atoms with Gasteiger partial charge in [0.1, 0.15) is 0 Å². The van der Waals surface area contributed by atoms with Crippen molar-refractivity contribution < 1.29 is 4.79 Å². The van der Waals surface area contributed by atoms with Crippen LogP contribution in [0.4, 0.5) is 5.69 Å². The number of halogens is 1. The first-order valence-electron chi connectivity index (χ1n) is 8.30. The Labute approximate surface area is 161 Å². The van der Waals surface area contributed by atoms with Crippen molar-refractivity contribution in [1.29, 1.82) is 0 Å². The van der Waals surface area contributed by atoms with E-state index < -0.39 is 0 Å². The molecule has 7 heteroatoms. The second-order valence-electron chi connectivity index (χ2n) is 5.67. The maximum atomic E-state index is 12.4. The molecule has 1 heterocycles. The van der Waals surface area contributed by atoms with Crippen LogP contribution >= 0.6 is 23.4 Å². The first-order chi connectivity index (χ1) is 12.6. The van der Waals surface area contributed by atoms with E-state index in [0.717, 1.165) is 17.1 Å². The van der Waals surface area contributed by atoms with Crippen molar-refractivity contribution in [2.24, 2.45) is 0 Å². The van der Waals surface area contributed by atoms with Crippen molar-refractivity contribution >= 4 is 35.0 Å². The fourth-order valence-electron chi connectivity index (χ4n) is 2.45. The van der Waals surface area contributed by atoms with Crippen LogP contribution in [0.2, 0.25) is 5.02 Å². The summed E-state index contributed by atoms with van der Waals surface area (Å²) in [6.45, 7) is 4.60. The van der Waals surface area contributed by atoms with Crippen LogP contribution in [0.3, 0.4) is 0 Å². The summed E-state index contributed by atoms with van der Waals surface area (Å²) in [5, 5.41) is 12.6. The molecule has 0 aliphatic carbocycles. The minimum absolute atomic E-state index is 0.0695. The van der Waals surface area contributed by atoms with Gasteiger partial charge in [0.2, 0.25) is 5.91 Å². The molecule has 26 heavy (non-hydrogen) atoms. The largest absolute Gasteiger partial charge is 0.325 e. The van der Waals surface area contributed by atoms with E-state index in [1.54, 1.807) is 0 Å². The summed E-state index contributed by atoms with van der Waals surface area (Å²) in [7, 11) is 0. The van der Waals surface area contributed by atoms with Crippen LogP contribution in [-0.2, 0) is 11.3 Å². The summed E-state index contributed by atoms with van der Waals surface area (Å²) in [5.41, 5.74) is 1.72. The lowest BCUT2D eigenvalue weighted by atomic mass is 10.2. The van der Waals surface area contributed by atoms with E-state index in [1.165, 1.54) is 11.8 Å². The third-order valence-electron chi connectivity index (χ3n) is 3.83. The number of nitrogens with one attached hydrogen (secondary N) is 1. The first kappa shape index (κ1) is 18.5. The standard InChI is InChI=1S/C19H19ClN4OS/c1-3-24-17(14-9-11-15(20)12-10-14)22-23-19(24)26-13(2)18(25)21-16-7-5-4-6-8-16/h4-13H,3H2,1-2H3,(H,21,25). The van der Waals surface area contributed by atoms with Crippen molar-refractivity contribution in [2.45, 2.75) is 30.8 Å². The number of para-hydroxylation sites is 1. The van der Waals surface area contributed by atoms with Crippen LogP contribution in [0, 0.1) is 0 Å². The molecule has 1 atom stereocenters. The maximum absolute atomic E-state index is 12.4. The molecule has 0 spiro atoms. The van der Waals surface area contributed by atoms with Crippen molar-refractivity contribution in [3.8, 4) is 11.4 Å². The fraction of sp³-hybridized carbons (Fsp3) is 0.211. The van der Waals surface area contributed by atoms with E-state index >= 15 is 0 Å². The fourth-order valence-corrected chi connectivity index (χ4v) is 3.49. The topological polar surface area (TPSA) is 59.8 Å². The van der Waals surface area contributed by atoms with Crippen molar-refractivity contribution in [3.05, 3.63) is 59.6 Å².